The Labute approximate surface area is 136 Å². The van der Waals surface area contributed by atoms with Gasteiger partial charge in [-0.1, -0.05) is 32.0 Å². The molecule has 1 aromatic carbocycles. The molecule has 0 aliphatic carbocycles. The Balaban J connectivity index is 1.98. The van der Waals surface area contributed by atoms with Crippen LogP contribution in [0.1, 0.15) is 41.4 Å². The van der Waals surface area contributed by atoms with Crippen molar-refractivity contribution in [3.05, 3.63) is 45.4 Å². The Morgan fingerprint density at radius 1 is 1.24 bits per heavy atom. The van der Waals surface area contributed by atoms with Crippen molar-refractivity contribution in [3.8, 4) is 0 Å². The summed E-state index contributed by atoms with van der Waals surface area (Å²) in [7, 11) is 0. The Morgan fingerprint density at radius 3 is 2.76 bits per heavy atom. The summed E-state index contributed by atoms with van der Waals surface area (Å²) in [5.74, 6) is 0.969. The molecule has 0 atom stereocenters. The second-order valence-electron chi connectivity index (χ2n) is 5.06. The first-order valence-electron chi connectivity index (χ1n) is 7.61. The smallest absolute Gasteiger partial charge is 0.103 e. The van der Waals surface area contributed by atoms with E-state index in [0.29, 0.717) is 0 Å². The summed E-state index contributed by atoms with van der Waals surface area (Å²) in [4.78, 5) is 7.58. The number of hydrogen-bond donors (Lipinski definition) is 1. The molecule has 0 aliphatic rings. The van der Waals surface area contributed by atoms with E-state index in [9.17, 15) is 0 Å². The van der Waals surface area contributed by atoms with E-state index in [-0.39, 0.29) is 0 Å². The fourth-order valence-corrected chi connectivity index (χ4v) is 4.30. The maximum atomic E-state index is 4.81. The Hall–Kier alpha value is -0.840. The number of thiazole rings is 1. The highest BCUT2D eigenvalue weighted by Crippen LogP contribution is 2.29. The Bertz CT molecular complexity index is 564. The predicted molar refractivity (Wildman–Crippen MR) is 94.2 cm³/mol. The number of benzene rings is 1. The molecule has 0 fully saturated rings. The van der Waals surface area contributed by atoms with Crippen molar-refractivity contribution in [2.75, 3.05) is 6.54 Å². The molecule has 0 aliphatic heterocycles. The molecule has 1 N–H and O–H groups in total. The summed E-state index contributed by atoms with van der Waals surface area (Å²) in [5, 5.41) is 4.73. The van der Waals surface area contributed by atoms with Gasteiger partial charge in [0.05, 0.1) is 11.4 Å². The lowest BCUT2D eigenvalue weighted by Crippen LogP contribution is -2.13. The molecular weight excluding hydrogens is 296 g/mol. The van der Waals surface area contributed by atoms with Gasteiger partial charge in [-0.05, 0) is 37.9 Å². The van der Waals surface area contributed by atoms with E-state index >= 15 is 0 Å². The van der Waals surface area contributed by atoms with Crippen LogP contribution in [0.4, 0.5) is 0 Å². The molecule has 1 heterocycles. The van der Waals surface area contributed by atoms with E-state index in [1.807, 2.05) is 23.1 Å². The summed E-state index contributed by atoms with van der Waals surface area (Å²) >= 11 is 3.75. The number of hydrogen-bond acceptors (Lipinski definition) is 4. The average molecular weight is 321 g/mol. The number of aryl methyl sites for hydroxylation is 2. The monoisotopic (exact) mass is 320 g/mol. The van der Waals surface area contributed by atoms with Crippen molar-refractivity contribution in [1.82, 2.24) is 10.3 Å². The molecule has 2 nitrogen and oxygen atoms in total. The van der Waals surface area contributed by atoms with Crippen molar-refractivity contribution in [1.29, 1.82) is 0 Å². The molecule has 1 aromatic heterocycles. The van der Waals surface area contributed by atoms with Crippen molar-refractivity contribution < 1.29 is 0 Å². The number of nitrogens with one attached hydrogen (secondary N) is 1. The summed E-state index contributed by atoms with van der Waals surface area (Å²) in [6.07, 6.45) is 2.20. The maximum Gasteiger partial charge on any atom is 0.103 e. The average Bonchev–Trinajstić information content (AvgIpc) is 2.89. The van der Waals surface area contributed by atoms with Crippen LogP contribution in [0.15, 0.2) is 29.2 Å². The molecule has 114 valence electrons. The van der Waals surface area contributed by atoms with E-state index in [2.05, 4.69) is 50.4 Å². The topological polar surface area (TPSA) is 24.9 Å². The highest BCUT2D eigenvalue weighted by molar-refractivity contribution is 7.98. The van der Waals surface area contributed by atoms with Gasteiger partial charge >= 0.3 is 0 Å². The first-order valence-corrected chi connectivity index (χ1v) is 9.41. The van der Waals surface area contributed by atoms with Gasteiger partial charge in [0.15, 0.2) is 0 Å². The molecular formula is C17H24N2S2. The van der Waals surface area contributed by atoms with Crippen molar-refractivity contribution in [2.45, 2.75) is 50.8 Å². The normalized spacial score (nSPS) is 11.0. The van der Waals surface area contributed by atoms with Crippen LogP contribution in [0, 0.1) is 6.92 Å². The SMILES string of the molecule is CCCNCc1sc(CSc2ccccc2C)nc1CC. The summed E-state index contributed by atoms with van der Waals surface area (Å²) in [6.45, 7) is 8.60. The molecule has 4 heteroatoms. The standard InChI is InChI=1S/C17H24N2S2/c1-4-10-18-11-16-14(5-2)19-17(21-16)12-20-15-9-7-6-8-13(15)3/h6-9,18H,4-5,10-12H2,1-3H3. The van der Waals surface area contributed by atoms with Crippen LogP contribution in [-0.2, 0) is 18.7 Å². The molecule has 2 rings (SSSR count). The molecule has 0 bridgehead atoms. The van der Waals surface area contributed by atoms with Crippen molar-refractivity contribution >= 4 is 23.1 Å². The number of nitrogens with zero attached hydrogens (tertiary/aromatic N) is 1. The van der Waals surface area contributed by atoms with Crippen LogP contribution in [0.25, 0.3) is 0 Å². The maximum absolute atomic E-state index is 4.81. The summed E-state index contributed by atoms with van der Waals surface area (Å²) < 4.78 is 0. The minimum Gasteiger partial charge on any atom is -0.312 e. The number of aromatic nitrogens is 1. The molecule has 21 heavy (non-hydrogen) atoms. The van der Waals surface area contributed by atoms with Crippen LogP contribution in [-0.4, -0.2) is 11.5 Å². The zero-order valence-corrected chi connectivity index (χ0v) is 14.7. The third-order valence-corrected chi connectivity index (χ3v) is 5.78. The van der Waals surface area contributed by atoms with Gasteiger partial charge in [0.25, 0.3) is 0 Å². The predicted octanol–water partition coefficient (Wildman–Crippen LogP) is 4.81. The van der Waals surface area contributed by atoms with Gasteiger partial charge in [-0.2, -0.15) is 0 Å². The fraction of sp³-hybridized carbons (Fsp3) is 0.471. The lowest BCUT2D eigenvalue weighted by molar-refractivity contribution is 0.676. The van der Waals surface area contributed by atoms with Gasteiger partial charge in [0, 0.05) is 16.3 Å². The van der Waals surface area contributed by atoms with E-state index in [0.717, 1.165) is 25.3 Å². The fourth-order valence-electron chi connectivity index (χ4n) is 2.15. The van der Waals surface area contributed by atoms with Crippen LogP contribution in [0.2, 0.25) is 0 Å². The van der Waals surface area contributed by atoms with Gasteiger partial charge in [0.1, 0.15) is 5.01 Å². The molecule has 0 saturated heterocycles. The third-order valence-electron chi connectivity index (χ3n) is 3.31. The van der Waals surface area contributed by atoms with E-state index in [1.165, 1.54) is 32.5 Å². The number of thioether (sulfide) groups is 1. The van der Waals surface area contributed by atoms with Gasteiger partial charge < -0.3 is 5.32 Å². The highest BCUT2D eigenvalue weighted by Gasteiger charge is 2.10. The molecule has 2 aromatic rings. The molecule has 0 saturated carbocycles. The van der Waals surface area contributed by atoms with E-state index < -0.39 is 0 Å². The minimum absolute atomic E-state index is 0.962. The molecule has 0 amide bonds. The van der Waals surface area contributed by atoms with Gasteiger partial charge in [-0.25, -0.2) is 4.98 Å². The Morgan fingerprint density at radius 2 is 2.05 bits per heavy atom. The van der Waals surface area contributed by atoms with Crippen LogP contribution >= 0.6 is 23.1 Å². The third kappa shape index (κ3) is 4.83. The van der Waals surface area contributed by atoms with E-state index in [1.54, 1.807) is 0 Å². The molecule has 0 spiro atoms. The highest BCUT2D eigenvalue weighted by atomic mass is 32.2. The Kier molecular flexibility index (Phi) is 6.74. The first-order chi connectivity index (χ1) is 10.2. The zero-order chi connectivity index (χ0) is 15.1. The van der Waals surface area contributed by atoms with Crippen molar-refractivity contribution in [2.24, 2.45) is 0 Å². The largest absolute Gasteiger partial charge is 0.312 e. The molecule has 0 unspecified atom stereocenters. The number of rotatable bonds is 8. The van der Waals surface area contributed by atoms with Crippen LogP contribution in [0.5, 0.6) is 0 Å². The van der Waals surface area contributed by atoms with E-state index in [4.69, 9.17) is 4.98 Å². The van der Waals surface area contributed by atoms with Gasteiger partial charge in [0.2, 0.25) is 0 Å². The van der Waals surface area contributed by atoms with Crippen LogP contribution in [0.3, 0.4) is 0 Å². The second-order valence-corrected chi connectivity index (χ2v) is 7.25. The van der Waals surface area contributed by atoms with Gasteiger partial charge in [-0.15, -0.1) is 23.1 Å². The van der Waals surface area contributed by atoms with Crippen molar-refractivity contribution in [3.63, 3.8) is 0 Å². The lowest BCUT2D eigenvalue weighted by atomic mass is 10.2. The summed E-state index contributed by atoms with van der Waals surface area (Å²) in [6, 6.07) is 8.56. The minimum atomic E-state index is 0.962. The van der Waals surface area contributed by atoms with Gasteiger partial charge in [-0.3, -0.25) is 0 Å². The quantitative estimate of drug-likeness (QED) is 0.558. The second kappa shape index (κ2) is 8.57. The first kappa shape index (κ1) is 16.5. The summed E-state index contributed by atoms with van der Waals surface area (Å²) in [5.41, 5.74) is 2.61. The van der Waals surface area contributed by atoms with Crippen LogP contribution < -0.4 is 5.32 Å². The lowest BCUT2D eigenvalue weighted by Gasteiger charge is -2.02. The molecule has 0 radical (unpaired) electrons. The zero-order valence-electron chi connectivity index (χ0n) is 13.1.